The zero-order valence-electron chi connectivity index (χ0n) is 16.5. The molecule has 1 aromatic heterocycles. The highest BCUT2D eigenvalue weighted by atomic mass is 32.1. The molecular weight excluding hydrogens is 360 g/mol. The molecule has 1 aromatic carbocycles. The van der Waals surface area contributed by atoms with Crippen molar-refractivity contribution in [2.75, 3.05) is 0 Å². The van der Waals surface area contributed by atoms with E-state index < -0.39 is 5.60 Å². The number of rotatable bonds is 2. The van der Waals surface area contributed by atoms with Crippen molar-refractivity contribution in [1.29, 1.82) is 0 Å². The van der Waals surface area contributed by atoms with Crippen LogP contribution in [0.15, 0.2) is 21.4 Å². The van der Waals surface area contributed by atoms with Gasteiger partial charge in [-0.15, -0.1) is 0 Å². The molecule has 0 spiro atoms. The van der Waals surface area contributed by atoms with Crippen LogP contribution in [0.3, 0.4) is 0 Å². The van der Waals surface area contributed by atoms with Crippen LogP contribution in [0.4, 0.5) is 0 Å². The average molecular weight is 387 g/mol. The van der Waals surface area contributed by atoms with Crippen molar-refractivity contribution in [2.24, 2.45) is 5.92 Å². The lowest BCUT2D eigenvalue weighted by atomic mass is 9.86. The highest BCUT2D eigenvalue weighted by molar-refractivity contribution is 7.80. The van der Waals surface area contributed by atoms with Gasteiger partial charge in [-0.1, -0.05) is 20.3 Å². The molecule has 0 saturated heterocycles. The van der Waals surface area contributed by atoms with E-state index >= 15 is 0 Å². The second-order valence-corrected chi connectivity index (χ2v) is 8.75. The fourth-order valence-corrected chi connectivity index (χ4v) is 4.46. The minimum atomic E-state index is -0.443. The van der Waals surface area contributed by atoms with Crippen molar-refractivity contribution >= 4 is 29.7 Å². The molecule has 4 rings (SSSR count). The quantitative estimate of drug-likeness (QED) is 0.561. The Balaban J connectivity index is 2.17. The molecule has 0 N–H and O–H groups in total. The molecule has 2 aliphatic heterocycles. The van der Waals surface area contributed by atoms with Crippen LogP contribution in [0, 0.1) is 5.92 Å². The van der Waals surface area contributed by atoms with E-state index in [0.717, 1.165) is 46.4 Å². The molecule has 2 aliphatic rings. The molecule has 3 heterocycles. The number of thiol groups is 1. The largest absolute Gasteiger partial charge is 0.489 e. The lowest BCUT2D eigenvalue weighted by Crippen LogP contribution is -2.32. The van der Waals surface area contributed by atoms with Crippen LogP contribution in [0.2, 0.25) is 0 Å². The van der Waals surface area contributed by atoms with Crippen molar-refractivity contribution in [2.45, 2.75) is 64.4 Å². The molecule has 5 heteroatoms. The number of aryl methyl sites for hydroxylation is 1. The summed E-state index contributed by atoms with van der Waals surface area (Å²) < 4.78 is 18.4. The van der Waals surface area contributed by atoms with Gasteiger partial charge < -0.3 is 13.9 Å². The van der Waals surface area contributed by atoms with Crippen LogP contribution in [-0.2, 0) is 6.42 Å². The lowest BCUT2D eigenvalue weighted by molar-refractivity contribution is 0.132. The standard InChI is InChI=1S/C22H26O4S/c1-6-7-13-10-15(23)25-20-16(13)19-14(8-9-22(4,5)26-19)18-17(20)21(27)11(2)12(3)24-18/h8-12,21,27H,6-7H2,1-5H3/t11-,12-,21-/m0/s1. The van der Waals surface area contributed by atoms with Crippen molar-refractivity contribution < 1.29 is 13.9 Å². The summed E-state index contributed by atoms with van der Waals surface area (Å²) >= 11 is 4.89. The van der Waals surface area contributed by atoms with E-state index in [1.165, 1.54) is 0 Å². The van der Waals surface area contributed by atoms with Crippen LogP contribution in [0.1, 0.15) is 63.0 Å². The Morgan fingerprint density at radius 2 is 1.96 bits per heavy atom. The summed E-state index contributed by atoms with van der Waals surface area (Å²) in [4.78, 5) is 12.3. The van der Waals surface area contributed by atoms with E-state index in [1.807, 2.05) is 19.9 Å². The topological polar surface area (TPSA) is 48.7 Å². The molecule has 0 radical (unpaired) electrons. The Kier molecular flexibility index (Phi) is 4.34. The summed E-state index contributed by atoms with van der Waals surface area (Å²) in [6.45, 7) is 10.3. The van der Waals surface area contributed by atoms with Crippen LogP contribution < -0.4 is 15.1 Å². The Labute approximate surface area is 165 Å². The summed E-state index contributed by atoms with van der Waals surface area (Å²) in [6, 6.07) is 1.59. The van der Waals surface area contributed by atoms with Crippen molar-refractivity contribution in [3.63, 3.8) is 0 Å². The first-order valence-corrected chi connectivity index (χ1v) is 10.1. The first-order valence-electron chi connectivity index (χ1n) is 9.63. The third-order valence-electron chi connectivity index (χ3n) is 5.62. The SMILES string of the molecule is CCCc1cc(=O)oc2c3c(c4c(c12)OC(C)(C)C=C4)O[C@@H](C)[C@H](C)[C@@H]3S. The van der Waals surface area contributed by atoms with Gasteiger partial charge in [0, 0.05) is 17.2 Å². The smallest absolute Gasteiger partial charge is 0.336 e. The highest BCUT2D eigenvalue weighted by Gasteiger charge is 2.39. The number of fused-ring (bicyclic) bond motifs is 6. The second kappa shape index (κ2) is 6.33. The fourth-order valence-electron chi connectivity index (χ4n) is 3.98. The second-order valence-electron chi connectivity index (χ2n) is 8.20. The molecule has 0 aliphatic carbocycles. The third kappa shape index (κ3) is 2.87. The Bertz CT molecular complexity index is 1000. The molecule has 144 valence electrons. The van der Waals surface area contributed by atoms with Crippen LogP contribution in [0.25, 0.3) is 17.0 Å². The summed E-state index contributed by atoms with van der Waals surface area (Å²) in [7, 11) is 0. The van der Waals surface area contributed by atoms with Gasteiger partial charge >= 0.3 is 5.63 Å². The van der Waals surface area contributed by atoms with E-state index in [1.54, 1.807) is 6.07 Å². The van der Waals surface area contributed by atoms with E-state index in [9.17, 15) is 4.79 Å². The van der Waals surface area contributed by atoms with E-state index in [0.29, 0.717) is 5.58 Å². The monoisotopic (exact) mass is 386 g/mol. The Morgan fingerprint density at radius 1 is 1.22 bits per heavy atom. The zero-order chi connectivity index (χ0) is 19.5. The van der Waals surface area contributed by atoms with E-state index in [-0.39, 0.29) is 22.9 Å². The van der Waals surface area contributed by atoms with Crippen LogP contribution >= 0.6 is 12.6 Å². The molecule has 0 bridgehead atoms. The maximum absolute atomic E-state index is 12.3. The molecule has 2 aromatic rings. The van der Waals surface area contributed by atoms with Crippen molar-refractivity contribution in [1.82, 2.24) is 0 Å². The number of ether oxygens (including phenoxy) is 2. The van der Waals surface area contributed by atoms with Gasteiger partial charge in [-0.25, -0.2) is 4.79 Å². The Hall–Kier alpha value is -1.88. The third-order valence-corrected chi connectivity index (χ3v) is 6.35. The Morgan fingerprint density at radius 3 is 2.67 bits per heavy atom. The molecule has 3 atom stereocenters. The molecule has 0 unspecified atom stereocenters. The number of hydrogen-bond donors (Lipinski definition) is 1. The van der Waals surface area contributed by atoms with Gasteiger partial charge in [0.05, 0.1) is 22.6 Å². The van der Waals surface area contributed by atoms with Gasteiger partial charge in [0.25, 0.3) is 0 Å². The first-order chi connectivity index (χ1) is 12.7. The minimum Gasteiger partial charge on any atom is -0.489 e. The van der Waals surface area contributed by atoms with Gasteiger partial charge in [0.2, 0.25) is 0 Å². The summed E-state index contributed by atoms with van der Waals surface area (Å²) in [6.07, 6.45) is 5.83. The van der Waals surface area contributed by atoms with Gasteiger partial charge in [-0.3, -0.25) is 0 Å². The van der Waals surface area contributed by atoms with Crippen LogP contribution in [-0.4, -0.2) is 11.7 Å². The number of hydrogen-bond acceptors (Lipinski definition) is 5. The molecule has 0 fully saturated rings. The summed E-state index contributed by atoms with van der Waals surface area (Å²) in [5.41, 5.74) is 2.51. The van der Waals surface area contributed by atoms with E-state index in [2.05, 4.69) is 26.8 Å². The summed E-state index contributed by atoms with van der Waals surface area (Å²) in [5, 5.41) is 0.798. The average Bonchev–Trinajstić information content (AvgIpc) is 2.58. The lowest BCUT2D eigenvalue weighted by Gasteiger charge is -2.38. The molecule has 0 amide bonds. The number of benzene rings is 1. The predicted molar refractivity (Wildman–Crippen MR) is 111 cm³/mol. The van der Waals surface area contributed by atoms with Gasteiger partial charge in [0.15, 0.2) is 5.58 Å². The fraction of sp³-hybridized carbons (Fsp3) is 0.500. The van der Waals surface area contributed by atoms with Gasteiger partial charge in [0.1, 0.15) is 17.1 Å². The predicted octanol–water partition coefficient (Wildman–Crippen LogP) is 5.32. The summed E-state index contributed by atoms with van der Waals surface area (Å²) in [5.74, 6) is 1.66. The van der Waals surface area contributed by atoms with Crippen molar-refractivity contribution in [3.8, 4) is 11.5 Å². The van der Waals surface area contributed by atoms with Crippen LogP contribution in [0.5, 0.6) is 11.5 Å². The van der Waals surface area contributed by atoms with Gasteiger partial charge in [-0.05, 0) is 44.9 Å². The van der Waals surface area contributed by atoms with E-state index in [4.69, 9.17) is 26.5 Å². The maximum atomic E-state index is 12.3. The zero-order valence-corrected chi connectivity index (χ0v) is 17.4. The molecular formula is C22H26O4S. The normalized spacial score (nSPS) is 25.5. The molecule has 4 nitrogen and oxygen atoms in total. The van der Waals surface area contributed by atoms with Crippen molar-refractivity contribution in [3.05, 3.63) is 39.3 Å². The van der Waals surface area contributed by atoms with Gasteiger partial charge in [-0.2, -0.15) is 12.6 Å². The molecule has 27 heavy (non-hydrogen) atoms. The first kappa shape index (κ1) is 18.5. The minimum absolute atomic E-state index is 0.00966. The molecule has 0 saturated carbocycles. The highest BCUT2D eigenvalue weighted by Crippen LogP contribution is 2.53. The maximum Gasteiger partial charge on any atom is 0.336 e.